The number of ether oxygens (including phenoxy) is 1. The van der Waals surface area contributed by atoms with Crippen LogP contribution in [-0.4, -0.2) is 43.8 Å². The van der Waals surface area contributed by atoms with Crippen molar-refractivity contribution in [3.05, 3.63) is 46.9 Å². The number of halogens is 1. The Hall–Kier alpha value is -2.01. The molecule has 3 aromatic rings. The fourth-order valence-corrected chi connectivity index (χ4v) is 4.75. The molecule has 0 aliphatic heterocycles. The highest BCUT2D eigenvalue weighted by Crippen LogP contribution is 2.29. The number of nitrogens with zero attached hydrogens (tertiary/aromatic N) is 2. The standard InChI is InChI=1S/C18H18BrN3O4S2/c1-3-26-13-6-9-15-16(10-13)27-18(20-15)21-17(23)11-22(2)28(24,25)14-7-4-12(19)5-8-14/h4-10H,3,11H2,1-2H3,(H,20,21,23). The normalized spacial score (nSPS) is 11.7. The Bertz CT molecular complexity index is 1100. The molecule has 0 aliphatic carbocycles. The van der Waals surface area contributed by atoms with Gasteiger partial charge in [-0.05, 0) is 49.4 Å². The Morgan fingerprint density at radius 2 is 1.96 bits per heavy atom. The van der Waals surface area contributed by atoms with Crippen LogP contribution in [0.5, 0.6) is 5.75 Å². The first-order valence-electron chi connectivity index (χ1n) is 8.34. The summed E-state index contributed by atoms with van der Waals surface area (Å²) in [7, 11) is -2.40. The van der Waals surface area contributed by atoms with Crippen LogP contribution in [0.15, 0.2) is 51.8 Å². The molecule has 0 fully saturated rings. The van der Waals surface area contributed by atoms with Crippen LogP contribution in [0.1, 0.15) is 6.92 Å². The molecule has 0 bridgehead atoms. The van der Waals surface area contributed by atoms with Crippen LogP contribution in [0.3, 0.4) is 0 Å². The van der Waals surface area contributed by atoms with E-state index >= 15 is 0 Å². The first-order valence-corrected chi connectivity index (χ1v) is 11.4. The predicted octanol–water partition coefficient (Wildman–Crippen LogP) is 3.72. The second-order valence-corrected chi connectivity index (χ2v) is 9.84. The van der Waals surface area contributed by atoms with Crippen molar-refractivity contribution in [2.75, 3.05) is 25.5 Å². The SMILES string of the molecule is CCOc1ccc2nc(NC(=O)CN(C)S(=O)(=O)c3ccc(Br)cc3)sc2c1. The minimum atomic E-state index is -3.76. The molecule has 10 heteroatoms. The van der Waals surface area contributed by atoms with Gasteiger partial charge in [0, 0.05) is 11.5 Å². The number of carbonyl (C=O) groups is 1. The van der Waals surface area contributed by atoms with Crippen LogP contribution in [0.25, 0.3) is 10.2 Å². The van der Waals surface area contributed by atoms with E-state index in [1.54, 1.807) is 12.1 Å². The number of carbonyl (C=O) groups excluding carboxylic acids is 1. The minimum absolute atomic E-state index is 0.120. The molecule has 1 amide bonds. The maximum Gasteiger partial charge on any atom is 0.243 e. The number of aromatic nitrogens is 1. The molecule has 0 atom stereocenters. The van der Waals surface area contributed by atoms with Gasteiger partial charge in [0.2, 0.25) is 15.9 Å². The van der Waals surface area contributed by atoms with Gasteiger partial charge in [0.1, 0.15) is 5.75 Å². The maximum absolute atomic E-state index is 12.6. The zero-order chi connectivity index (χ0) is 20.3. The van der Waals surface area contributed by atoms with Crippen molar-refractivity contribution in [3.8, 4) is 5.75 Å². The molecule has 1 N–H and O–H groups in total. The Balaban J connectivity index is 1.69. The molecular formula is C18H18BrN3O4S2. The van der Waals surface area contributed by atoms with E-state index in [1.807, 2.05) is 25.1 Å². The van der Waals surface area contributed by atoms with Crippen molar-refractivity contribution >= 4 is 58.5 Å². The molecule has 0 radical (unpaired) electrons. The average Bonchev–Trinajstić information content (AvgIpc) is 3.03. The third-order valence-corrected chi connectivity index (χ3v) is 7.09. The lowest BCUT2D eigenvalue weighted by Gasteiger charge is -2.16. The fraction of sp³-hybridized carbons (Fsp3) is 0.222. The highest BCUT2D eigenvalue weighted by Gasteiger charge is 2.23. The molecule has 1 aromatic heterocycles. The lowest BCUT2D eigenvalue weighted by atomic mass is 10.3. The van der Waals surface area contributed by atoms with Crippen LogP contribution in [0, 0.1) is 0 Å². The monoisotopic (exact) mass is 483 g/mol. The van der Waals surface area contributed by atoms with Crippen LogP contribution >= 0.6 is 27.3 Å². The highest BCUT2D eigenvalue weighted by molar-refractivity contribution is 9.10. The summed E-state index contributed by atoms with van der Waals surface area (Å²) in [4.78, 5) is 16.8. The Kier molecular flexibility index (Phi) is 6.33. The summed E-state index contributed by atoms with van der Waals surface area (Å²) in [6.45, 7) is 2.15. The van der Waals surface area contributed by atoms with Crippen molar-refractivity contribution in [2.45, 2.75) is 11.8 Å². The summed E-state index contributed by atoms with van der Waals surface area (Å²) >= 11 is 4.57. The van der Waals surface area contributed by atoms with Crippen LogP contribution < -0.4 is 10.1 Å². The number of fused-ring (bicyclic) bond motifs is 1. The van der Waals surface area contributed by atoms with Crippen molar-refractivity contribution in [1.82, 2.24) is 9.29 Å². The van der Waals surface area contributed by atoms with Gasteiger partial charge in [-0.1, -0.05) is 27.3 Å². The number of likely N-dealkylation sites (N-methyl/N-ethyl adjacent to an activating group) is 1. The number of amides is 1. The van der Waals surface area contributed by atoms with E-state index in [0.29, 0.717) is 11.7 Å². The van der Waals surface area contributed by atoms with Gasteiger partial charge in [0.25, 0.3) is 0 Å². The third kappa shape index (κ3) is 4.69. The number of nitrogens with one attached hydrogen (secondary N) is 1. The van der Waals surface area contributed by atoms with Gasteiger partial charge < -0.3 is 10.1 Å². The predicted molar refractivity (Wildman–Crippen MR) is 113 cm³/mol. The van der Waals surface area contributed by atoms with Gasteiger partial charge in [0.15, 0.2) is 5.13 Å². The van der Waals surface area contributed by atoms with Gasteiger partial charge in [-0.2, -0.15) is 4.31 Å². The largest absolute Gasteiger partial charge is 0.494 e. The van der Waals surface area contributed by atoms with E-state index < -0.39 is 15.9 Å². The summed E-state index contributed by atoms with van der Waals surface area (Å²) < 4.78 is 33.3. The van der Waals surface area contributed by atoms with E-state index in [1.165, 1.54) is 30.5 Å². The first kappa shape index (κ1) is 20.7. The molecule has 3 rings (SSSR count). The van der Waals surface area contributed by atoms with Crippen LogP contribution in [0.2, 0.25) is 0 Å². The lowest BCUT2D eigenvalue weighted by Crippen LogP contribution is -2.34. The molecule has 0 spiro atoms. The Morgan fingerprint density at radius 3 is 2.64 bits per heavy atom. The molecule has 0 saturated heterocycles. The van der Waals surface area contributed by atoms with E-state index in [9.17, 15) is 13.2 Å². The second kappa shape index (κ2) is 8.56. The maximum atomic E-state index is 12.6. The second-order valence-electron chi connectivity index (χ2n) is 5.84. The Morgan fingerprint density at radius 1 is 1.25 bits per heavy atom. The van der Waals surface area contributed by atoms with Crippen LogP contribution in [0.4, 0.5) is 5.13 Å². The van der Waals surface area contributed by atoms with Crippen LogP contribution in [-0.2, 0) is 14.8 Å². The quantitative estimate of drug-likeness (QED) is 0.553. The molecular weight excluding hydrogens is 466 g/mol. The zero-order valence-electron chi connectivity index (χ0n) is 15.2. The molecule has 2 aromatic carbocycles. The minimum Gasteiger partial charge on any atom is -0.494 e. The molecule has 28 heavy (non-hydrogen) atoms. The number of hydrogen-bond acceptors (Lipinski definition) is 6. The first-order chi connectivity index (χ1) is 13.3. The zero-order valence-corrected chi connectivity index (χ0v) is 18.4. The van der Waals surface area contributed by atoms with E-state index in [-0.39, 0.29) is 11.4 Å². The summed E-state index contributed by atoms with van der Waals surface area (Å²) in [5, 5.41) is 3.07. The average molecular weight is 484 g/mol. The molecule has 148 valence electrons. The third-order valence-electron chi connectivity index (χ3n) is 3.81. The summed E-state index contributed by atoms with van der Waals surface area (Å²) in [5.41, 5.74) is 0.736. The van der Waals surface area contributed by atoms with Crippen molar-refractivity contribution in [1.29, 1.82) is 0 Å². The molecule has 0 aliphatic rings. The number of rotatable bonds is 7. The summed E-state index contributed by atoms with van der Waals surface area (Å²) in [6, 6.07) is 11.7. The topological polar surface area (TPSA) is 88.6 Å². The number of anilines is 1. The van der Waals surface area contributed by atoms with Crippen molar-refractivity contribution in [2.24, 2.45) is 0 Å². The lowest BCUT2D eigenvalue weighted by molar-refractivity contribution is -0.116. The summed E-state index contributed by atoms with van der Waals surface area (Å²) in [5.74, 6) is 0.268. The molecule has 7 nitrogen and oxygen atoms in total. The van der Waals surface area contributed by atoms with Crippen molar-refractivity contribution in [3.63, 3.8) is 0 Å². The van der Waals surface area contributed by atoms with E-state index in [2.05, 4.69) is 26.2 Å². The molecule has 1 heterocycles. The van der Waals surface area contributed by atoms with Gasteiger partial charge in [-0.3, -0.25) is 4.79 Å². The number of hydrogen-bond donors (Lipinski definition) is 1. The number of thiazole rings is 1. The molecule has 0 saturated carbocycles. The summed E-state index contributed by atoms with van der Waals surface area (Å²) in [6.07, 6.45) is 0. The number of benzene rings is 2. The fourth-order valence-electron chi connectivity index (χ4n) is 2.45. The van der Waals surface area contributed by atoms with Gasteiger partial charge >= 0.3 is 0 Å². The number of sulfonamides is 1. The molecule has 0 unspecified atom stereocenters. The Labute approximate surface area is 175 Å². The van der Waals surface area contributed by atoms with Crippen molar-refractivity contribution < 1.29 is 17.9 Å². The van der Waals surface area contributed by atoms with Gasteiger partial charge in [0.05, 0.1) is 28.3 Å². The highest BCUT2D eigenvalue weighted by atomic mass is 79.9. The van der Waals surface area contributed by atoms with E-state index in [4.69, 9.17) is 4.74 Å². The van der Waals surface area contributed by atoms with Gasteiger partial charge in [-0.25, -0.2) is 13.4 Å². The smallest absolute Gasteiger partial charge is 0.243 e. The van der Waals surface area contributed by atoms with E-state index in [0.717, 1.165) is 24.7 Å². The van der Waals surface area contributed by atoms with Gasteiger partial charge in [-0.15, -0.1) is 0 Å².